The van der Waals surface area contributed by atoms with Gasteiger partial charge in [0.1, 0.15) is 5.67 Å². The predicted octanol–water partition coefficient (Wildman–Crippen LogP) is 1.56. The maximum absolute atomic E-state index is 13.7. The Balaban J connectivity index is 1.88. The number of hydrogen-bond acceptors (Lipinski definition) is 2. The zero-order valence-electron chi connectivity index (χ0n) is 9.06. The Kier molecular flexibility index (Phi) is 3.07. The molecule has 2 heterocycles. The molecule has 0 bridgehead atoms. The van der Waals surface area contributed by atoms with E-state index >= 15 is 0 Å². The smallest absolute Gasteiger partial charge is 0.109 e. The first-order valence-corrected chi connectivity index (χ1v) is 5.81. The lowest BCUT2D eigenvalue weighted by Gasteiger charge is -2.26. The molecule has 3 heteroatoms. The third kappa shape index (κ3) is 2.45. The van der Waals surface area contributed by atoms with Crippen LogP contribution >= 0.6 is 0 Å². The van der Waals surface area contributed by atoms with Crippen molar-refractivity contribution in [3.05, 3.63) is 0 Å². The van der Waals surface area contributed by atoms with Gasteiger partial charge in [0.2, 0.25) is 0 Å². The fourth-order valence-corrected chi connectivity index (χ4v) is 2.58. The molecule has 0 saturated carbocycles. The highest BCUT2D eigenvalue weighted by Gasteiger charge is 2.30. The van der Waals surface area contributed by atoms with Crippen LogP contribution < -0.4 is 5.32 Å². The van der Waals surface area contributed by atoms with Gasteiger partial charge in [-0.05, 0) is 45.7 Å². The molecule has 82 valence electrons. The third-order valence-corrected chi connectivity index (χ3v) is 3.61. The van der Waals surface area contributed by atoms with E-state index in [0.717, 1.165) is 39.0 Å². The van der Waals surface area contributed by atoms with Crippen molar-refractivity contribution in [1.29, 1.82) is 0 Å². The SMILES string of the molecule is CC1(F)CCCN(C2CCNC2)CC1. The molecule has 2 fully saturated rings. The van der Waals surface area contributed by atoms with Crippen LogP contribution in [0.2, 0.25) is 0 Å². The maximum atomic E-state index is 13.7. The van der Waals surface area contributed by atoms with Gasteiger partial charge in [0, 0.05) is 19.1 Å². The van der Waals surface area contributed by atoms with Gasteiger partial charge in [0.05, 0.1) is 0 Å². The zero-order valence-corrected chi connectivity index (χ0v) is 9.06. The Morgan fingerprint density at radius 1 is 1.36 bits per heavy atom. The fourth-order valence-electron chi connectivity index (χ4n) is 2.58. The molecule has 2 saturated heterocycles. The molecule has 2 aliphatic rings. The van der Waals surface area contributed by atoms with Crippen LogP contribution in [0.15, 0.2) is 0 Å². The summed E-state index contributed by atoms with van der Waals surface area (Å²) in [6.07, 6.45) is 3.71. The Hall–Kier alpha value is -0.150. The van der Waals surface area contributed by atoms with Crippen molar-refractivity contribution in [3.63, 3.8) is 0 Å². The lowest BCUT2D eigenvalue weighted by atomic mass is 10.00. The van der Waals surface area contributed by atoms with E-state index in [1.54, 1.807) is 6.92 Å². The van der Waals surface area contributed by atoms with Crippen LogP contribution in [0.25, 0.3) is 0 Å². The first-order valence-electron chi connectivity index (χ1n) is 5.81. The van der Waals surface area contributed by atoms with Gasteiger partial charge in [-0.25, -0.2) is 4.39 Å². The molecule has 0 aromatic carbocycles. The van der Waals surface area contributed by atoms with Crippen molar-refractivity contribution >= 4 is 0 Å². The first-order chi connectivity index (χ1) is 6.67. The summed E-state index contributed by atoms with van der Waals surface area (Å²) in [6, 6.07) is 0.670. The number of likely N-dealkylation sites (tertiary alicyclic amines) is 1. The molecule has 2 aliphatic heterocycles. The van der Waals surface area contributed by atoms with Gasteiger partial charge in [-0.15, -0.1) is 0 Å². The Labute approximate surface area is 85.9 Å². The van der Waals surface area contributed by atoms with Gasteiger partial charge in [-0.2, -0.15) is 0 Å². The van der Waals surface area contributed by atoms with E-state index in [-0.39, 0.29) is 0 Å². The quantitative estimate of drug-likeness (QED) is 0.691. The molecule has 0 radical (unpaired) electrons. The minimum atomic E-state index is -0.916. The van der Waals surface area contributed by atoms with E-state index in [9.17, 15) is 4.39 Å². The topological polar surface area (TPSA) is 15.3 Å². The van der Waals surface area contributed by atoms with Gasteiger partial charge in [-0.3, -0.25) is 4.90 Å². The van der Waals surface area contributed by atoms with Gasteiger partial charge in [-0.1, -0.05) is 0 Å². The van der Waals surface area contributed by atoms with Crippen LogP contribution in [0.4, 0.5) is 4.39 Å². The monoisotopic (exact) mass is 200 g/mol. The molecule has 2 rings (SSSR count). The number of nitrogens with one attached hydrogen (secondary N) is 1. The molecule has 2 nitrogen and oxygen atoms in total. The molecule has 14 heavy (non-hydrogen) atoms. The summed E-state index contributed by atoms with van der Waals surface area (Å²) in [5, 5.41) is 3.38. The highest BCUT2D eigenvalue weighted by molar-refractivity contribution is 4.86. The second-order valence-corrected chi connectivity index (χ2v) is 4.95. The van der Waals surface area contributed by atoms with Crippen LogP contribution in [0.3, 0.4) is 0 Å². The van der Waals surface area contributed by atoms with E-state index in [2.05, 4.69) is 10.2 Å². The Morgan fingerprint density at radius 2 is 2.21 bits per heavy atom. The third-order valence-electron chi connectivity index (χ3n) is 3.61. The zero-order chi connectivity index (χ0) is 10.0. The van der Waals surface area contributed by atoms with Gasteiger partial charge in [0.25, 0.3) is 0 Å². The summed E-state index contributed by atoms with van der Waals surface area (Å²) in [4.78, 5) is 2.48. The van der Waals surface area contributed by atoms with Gasteiger partial charge >= 0.3 is 0 Å². The normalized spacial score (nSPS) is 41.1. The highest BCUT2D eigenvalue weighted by Crippen LogP contribution is 2.27. The van der Waals surface area contributed by atoms with E-state index in [1.807, 2.05) is 0 Å². The van der Waals surface area contributed by atoms with E-state index < -0.39 is 5.67 Å². The first kappa shape index (κ1) is 10.4. The van der Waals surface area contributed by atoms with Crippen LogP contribution in [0, 0.1) is 0 Å². The van der Waals surface area contributed by atoms with Crippen LogP contribution in [-0.4, -0.2) is 42.8 Å². The summed E-state index contributed by atoms with van der Waals surface area (Å²) in [7, 11) is 0. The molecule has 0 spiro atoms. The largest absolute Gasteiger partial charge is 0.315 e. The summed E-state index contributed by atoms with van der Waals surface area (Å²) in [5.74, 6) is 0. The van der Waals surface area contributed by atoms with Crippen molar-refractivity contribution in [3.8, 4) is 0 Å². The van der Waals surface area contributed by atoms with Crippen molar-refractivity contribution < 1.29 is 4.39 Å². The van der Waals surface area contributed by atoms with E-state index in [4.69, 9.17) is 0 Å². The van der Waals surface area contributed by atoms with Crippen LogP contribution in [0.5, 0.6) is 0 Å². The van der Waals surface area contributed by atoms with Crippen molar-refractivity contribution in [2.45, 2.75) is 44.3 Å². The lowest BCUT2D eigenvalue weighted by Crippen LogP contribution is -2.38. The number of hydrogen-bond donors (Lipinski definition) is 1. The molecule has 0 amide bonds. The Bertz CT molecular complexity index is 188. The predicted molar refractivity (Wildman–Crippen MR) is 56.2 cm³/mol. The summed E-state index contributed by atoms with van der Waals surface area (Å²) in [5.41, 5.74) is -0.916. The van der Waals surface area contributed by atoms with Gasteiger partial charge < -0.3 is 5.32 Å². The number of rotatable bonds is 1. The van der Waals surface area contributed by atoms with Crippen LogP contribution in [0.1, 0.15) is 32.6 Å². The number of nitrogens with zero attached hydrogens (tertiary/aromatic N) is 1. The van der Waals surface area contributed by atoms with Gasteiger partial charge in [0.15, 0.2) is 0 Å². The minimum absolute atomic E-state index is 0.670. The lowest BCUT2D eigenvalue weighted by molar-refractivity contribution is 0.154. The minimum Gasteiger partial charge on any atom is -0.315 e. The van der Waals surface area contributed by atoms with Crippen molar-refractivity contribution in [1.82, 2.24) is 10.2 Å². The Morgan fingerprint density at radius 3 is 2.93 bits per heavy atom. The highest BCUT2D eigenvalue weighted by atomic mass is 19.1. The molecule has 2 unspecified atom stereocenters. The van der Waals surface area contributed by atoms with Crippen molar-refractivity contribution in [2.24, 2.45) is 0 Å². The number of alkyl halides is 1. The average Bonchev–Trinajstić information content (AvgIpc) is 2.58. The summed E-state index contributed by atoms with van der Waals surface area (Å²) >= 11 is 0. The standard InChI is InChI=1S/C11H21FN2/c1-11(12)4-2-7-14(8-5-11)10-3-6-13-9-10/h10,13H,2-9H2,1H3. The molecular formula is C11H21FN2. The summed E-state index contributed by atoms with van der Waals surface area (Å²) in [6.45, 7) is 6.02. The molecule has 0 aromatic heterocycles. The van der Waals surface area contributed by atoms with Crippen molar-refractivity contribution in [2.75, 3.05) is 26.2 Å². The molecular weight excluding hydrogens is 179 g/mol. The summed E-state index contributed by atoms with van der Waals surface area (Å²) < 4.78 is 13.7. The molecule has 0 aliphatic carbocycles. The van der Waals surface area contributed by atoms with E-state index in [1.165, 1.54) is 6.42 Å². The average molecular weight is 200 g/mol. The molecule has 0 aromatic rings. The van der Waals surface area contributed by atoms with E-state index in [0.29, 0.717) is 12.5 Å². The second kappa shape index (κ2) is 4.15. The number of halogens is 1. The fraction of sp³-hybridized carbons (Fsp3) is 1.00. The van der Waals surface area contributed by atoms with Crippen LogP contribution in [-0.2, 0) is 0 Å². The maximum Gasteiger partial charge on any atom is 0.109 e. The molecule has 2 atom stereocenters. The molecule has 1 N–H and O–H groups in total. The second-order valence-electron chi connectivity index (χ2n) is 4.95.